The molecule has 0 unspecified atom stereocenters. The fourth-order valence-electron chi connectivity index (χ4n) is 4.22. The molecule has 0 aliphatic heterocycles. The number of hydrogen-bond acceptors (Lipinski definition) is 3. The normalized spacial score (nSPS) is 16.3. The number of ketones is 2. The highest BCUT2D eigenvalue weighted by atomic mass is 16.3. The van der Waals surface area contributed by atoms with Gasteiger partial charge in [-0.05, 0) is 68.1 Å². The minimum absolute atomic E-state index is 0.0241. The van der Waals surface area contributed by atoms with Gasteiger partial charge in [0.05, 0.1) is 0 Å². The number of carbonyl (C=O) groups is 2. The molecule has 2 aromatic rings. The molecule has 0 saturated carbocycles. The summed E-state index contributed by atoms with van der Waals surface area (Å²) in [5, 5.41) is 10.5. The number of allylic oxidation sites excluding steroid dienone is 1. The zero-order valence-corrected chi connectivity index (χ0v) is 15.5. The molecule has 1 N–H and O–H groups in total. The minimum Gasteiger partial charge on any atom is -0.507 e. The van der Waals surface area contributed by atoms with Crippen molar-refractivity contribution < 1.29 is 14.7 Å². The van der Waals surface area contributed by atoms with Crippen molar-refractivity contribution in [2.24, 2.45) is 0 Å². The second-order valence-electron chi connectivity index (χ2n) is 7.55. The third kappa shape index (κ3) is 3.46. The zero-order chi connectivity index (χ0) is 18.8. The number of rotatable bonds is 5. The van der Waals surface area contributed by atoms with Crippen LogP contribution in [0.1, 0.15) is 64.7 Å². The fourth-order valence-corrected chi connectivity index (χ4v) is 4.22. The number of benzene rings is 2. The smallest absolute Gasteiger partial charge is 0.234 e. The molecular weight excluding hydrogens is 336 g/mol. The first-order valence-corrected chi connectivity index (χ1v) is 9.86. The maximum atomic E-state index is 12.4. The van der Waals surface area contributed by atoms with Gasteiger partial charge < -0.3 is 5.11 Å². The Kier molecular flexibility index (Phi) is 4.93. The maximum Gasteiger partial charge on any atom is 0.234 e. The monoisotopic (exact) mass is 360 g/mol. The lowest BCUT2D eigenvalue weighted by atomic mass is 9.86. The van der Waals surface area contributed by atoms with Crippen LogP contribution in [-0.4, -0.2) is 16.7 Å². The summed E-state index contributed by atoms with van der Waals surface area (Å²) < 4.78 is 0. The second-order valence-corrected chi connectivity index (χ2v) is 7.55. The van der Waals surface area contributed by atoms with Gasteiger partial charge in [0, 0.05) is 16.7 Å². The standard InChI is InChI=1S/C24H24O3/c25-22-19-10-5-6-11-20(19)23(26)24(27)21(22)12-4-1-7-16-13-14-17-8-2-3-9-18(17)15-16/h5-6,10-11,13-15,25H,1-4,7-9,12H2. The van der Waals surface area contributed by atoms with Crippen LogP contribution in [0.5, 0.6) is 0 Å². The van der Waals surface area contributed by atoms with Gasteiger partial charge in [-0.2, -0.15) is 0 Å². The number of aryl methyl sites for hydroxylation is 3. The maximum absolute atomic E-state index is 12.4. The Morgan fingerprint density at radius 1 is 0.778 bits per heavy atom. The van der Waals surface area contributed by atoms with Gasteiger partial charge in [0.25, 0.3) is 0 Å². The molecule has 0 aromatic heterocycles. The molecular formula is C24H24O3. The van der Waals surface area contributed by atoms with Crippen LogP contribution in [0.3, 0.4) is 0 Å². The van der Waals surface area contributed by atoms with Gasteiger partial charge in [0.2, 0.25) is 11.6 Å². The first-order valence-electron chi connectivity index (χ1n) is 9.86. The molecule has 0 spiro atoms. The van der Waals surface area contributed by atoms with E-state index in [2.05, 4.69) is 18.2 Å². The van der Waals surface area contributed by atoms with E-state index in [4.69, 9.17) is 0 Å². The van der Waals surface area contributed by atoms with E-state index in [-0.39, 0.29) is 11.3 Å². The lowest BCUT2D eigenvalue weighted by molar-refractivity contribution is -0.112. The van der Waals surface area contributed by atoms with Crippen molar-refractivity contribution in [3.8, 4) is 0 Å². The van der Waals surface area contributed by atoms with Crippen molar-refractivity contribution in [1.82, 2.24) is 0 Å². The third-order valence-electron chi connectivity index (χ3n) is 5.75. The molecule has 0 saturated heterocycles. The Morgan fingerprint density at radius 3 is 2.30 bits per heavy atom. The van der Waals surface area contributed by atoms with Crippen LogP contribution in [0.4, 0.5) is 0 Å². The van der Waals surface area contributed by atoms with E-state index in [9.17, 15) is 14.7 Å². The number of carbonyl (C=O) groups excluding carboxylic acids is 2. The van der Waals surface area contributed by atoms with Crippen LogP contribution >= 0.6 is 0 Å². The van der Waals surface area contributed by atoms with Crippen LogP contribution in [0.15, 0.2) is 48.0 Å². The van der Waals surface area contributed by atoms with Crippen LogP contribution in [-0.2, 0) is 24.1 Å². The number of fused-ring (bicyclic) bond motifs is 2. The Bertz CT molecular complexity index is 936. The van der Waals surface area contributed by atoms with Gasteiger partial charge in [-0.15, -0.1) is 0 Å². The van der Waals surface area contributed by atoms with Crippen molar-refractivity contribution in [2.75, 3.05) is 0 Å². The lowest BCUT2D eigenvalue weighted by Crippen LogP contribution is -2.24. The Morgan fingerprint density at radius 2 is 1.48 bits per heavy atom. The van der Waals surface area contributed by atoms with E-state index in [1.54, 1.807) is 24.3 Å². The Labute approximate surface area is 159 Å². The highest BCUT2D eigenvalue weighted by molar-refractivity contribution is 6.52. The molecule has 27 heavy (non-hydrogen) atoms. The van der Waals surface area contributed by atoms with E-state index in [0.717, 1.165) is 19.3 Å². The SMILES string of the molecule is O=C1C(=O)c2ccccc2C(O)=C1CCCCc1ccc2c(c1)CCCC2. The average Bonchev–Trinajstić information content (AvgIpc) is 2.71. The summed E-state index contributed by atoms with van der Waals surface area (Å²) in [5.41, 5.74) is 5.37. The van der Waals surface area contributed by atoms with Crippen molar-refractivity contribution in [1.29, 1.82) is 0 Å². The number of aliphatic hydroxyl groups excluding tert-OH is 1. The highest BCUT2D eigenvalue weighted by Crippen LogP contribution is 2.30. The third-order valence-corrected chi connectivity index (χ3v) is 5.75. The second kappa shape index (κ2) is 7.51. The molecule has 2 aromatic carbocycles. The quantitative estimate of drug-likeness (QED) is 0.602. The topological polar surface area (TPSA) is 54.4 Å². The zero-order valence-electron chi connectivity index (χ0n) is 15.5. The van der Waals surface area contributed by atoms with Crippen molar-refractivity contribution >= 4 is 17.3 Å². The first-order chi connectivity index (χ1) is 13.1. The van der Waals surface area contributed by atoms with Gasteiger partial charge in [0.1, 0.15) is 5.76 Å². The highest BCUT2D eigenvalue weighted by Gasteiger charge is 2.31. The van der Waals surface area contributed by atoms with E-state index in [0.29, 0.717) is 17.5 Å². The molecule has 138 valence electrons. The molecule has 0 radical (unpaired) electrons. The van der Waals surface area contributed by atoms with Crippen molar-refractivity contribution in [2.45, 2.75) is 51.4 Å². The summed E-state index contributed by atoms with van der Waals surface area (Å²) in [7, 11) is 0. The number of hydrogen-bond donors (Lipinski definition) is 1. The molecule has 2 aliphatic rings. The summed E-state index contributed by atoms with van der Waals surface area (Å²) in [6, 6.07) is 13.6. The molecule has 2 aliphatic carbocycles. The van der Waals surface area contributed by atoms with Crippen LogP contribution in [0.2, 0.25) is 0 Å². The average molecular weight is 360 g/mol. The molecule has 4 rings (SSSR count). The van der Waals surface area contributed by atoms with Crippen LogP contribution in [0.25, 0.3) is 5.76 Å². The molecule has 0 heterocycles. The lowest BCUT2D eigenvalue weighted by Gasteiger charge is -2.18. The predicted molar refractivity (Wildman–Crippen MR) is 106 cm³/mol. The molecule has 0 fully saturated rings. The van der Waals surface area contributed by atoms with Gasteiger partial charge in [-0.25, -0.2) is 0 Å². The Balaban J connectivity index is 1.40. The largest absolute Gasteiger partial charge is 0.507 e. The minimum atomic E-state index is -0.556. The number of unbranched alkanes of at least 4 members (excludes halogenated alkanes) is 1. The fraction of sp³-hybridized carbons (Fsp3) is 0.333. The molecule has 0 atom stereocenters. The molecule has 3 heteroatoms. The summed E-state index contributed by atoms with van der Waals surface area (Å²) in [6.07, 6.45) is 8.05. The van der Waals surface area contributed by atoms with E-state index >= 15 is 0 Å². The summed E-state index contributed by atoms with van der Waals surface area (Å²) in [4.78, 5) is 24.6. The summed E-state index contributed by atoms with van der Waals surface area (Å²) in [5.74, 6) is -1.09. The van der Waals surface area contributed by atoms with Gasteiger partial charge in [-0.1, -0.05) is 42.5 Å². The van der Waals surface area contributed by atoms with Crippen LogP contribution in [0, 0.1) is 0 Å². The van der Waals surface area contributed by atoms with Gasteiger partial charge >= 0.3 is 0 Å². The molecule has 0 bridgehead atoms. The van der Waals surface area contributed by atoms with E-state index < -0.39 is 11.6 Å². The molecule has 0 amide bonds. The Hall–Kier alpha value is -2.68. The van der Waals surface area contributed by atoms with Crippen molar-refractivity contribution in [3.05, 3.63) is 75.9 Å². The first kappa shape index (κ1) is 17.7. The number of aliphatic hydroxyl groups is 1. The van der Waals surface area contributed by atoms with Crippen LogP contribution < -0.4 is 0 Å². The summed E-state index contributed by atoms with van der Waals surface area (Å²) >= 11 is 0. The number of Topliss-reactive ketones (excluding diaryl/α,β-unsaturated/α-hetero) is 2. The van der Waals surface area contributed by atoms with E-state index in [1.165, 1.54) is 42.4 Å². The van der Waals surface area contributed by atoms with Gasteiger partial charge in [0.15, 0.2) is 0 Å². The van der Waals surface area contributed by atoms with Crippen molar-refractivity contribution in [3.63, 3.8) is 0 Å². The summed E-state index contributed by atoms with van der Waals surface area (Å²) in [6.45, 7) is 0. The molecule has 3 nitrogen and oxygen atoms in total. The van der Waals surface area contributed by atoms with E-state index in [1.807, 2.05) is 0 Å². The van der Waals surface area contributed by atoms with Gasteiger partial charge in [-0.3, -0.25) is 9.59 Å². The predicted octanol–water partition coefficient (Wildman–Crippen LogP) is 5.01.